The van der Waals surface area contributed by atoms with Crippen LogP contribution in [-0.4, -0.2) is 29.6 Å². The Hall–Kier alpha value is -2.63. The summed E-state index contributed by atoms with van der Waals surface area (Å²) in [5.74, 6) is -2.86. The number of carboxylic acids is 1. The maximum absolute atomic E-state index is 12.9. The molecular formula is C21H25NO5. The van der Waals surface area contributed by atoms with Gasteiger partial charge in [-0.25, -0.2) is 4.79 Å². The van der Waals surface area contributed by atoms with Crippen LogP contribution in [0, 0.1) is 23.7 Å². The number of carboxylic acid groups (broad SMARTS) is 1. The van der Waals surface area contributed by atoms with Gasteiger partial charge in [0.2, 0.25) is 5.91 Å². The normalized spacial score (nSPS) is 26.0. The lowest BCUT2D eigenvalue weighted by atomic mass is 9.78. The van der Waals surface area contributed by atoms with E-state index in [1.54, 1.807) is 31.2 Å². The molecule has 0 radical (unpaired) electrons. The molecule has 6 nitrogen and oxygen atoms in total. The van der Waals surface area contributed by atoms with Crippen molar-refractivity contribution in [1.29, 1.82) is 0 Å². The molecule has 2 fully saturated rings. The van der Waals surface area contributed by atoms with Gasteiger partial charge >= 0.3 is 11.9 Å². The number of aliphatic carboxylic acids is 1. The fourth-order valence-corrected chi connectivity index (χ4v) is 4.73. The summed E-state index contributed by atoms with van der Waals surface area (Å²) in [6, 6.07) is 6.44. The molecule has 2 N–H and O–H groups in total. The minimum Gasteiger partial charge on any atom is -0.481 e. The van der Waals surface area contributed by atoms with Crippen LogP contribution in [0.25, 0.3) is 0 Å². The largest absolute Gasteiger partial charge is 0.481 e. The second-order valence-corrected chi connectivity index (χ2v) is 7.42. The first-order chi connectivity index (χ1) is 12.8. The zero-order valence-corrected chi connectivity index (χ0v) is 15.8. The van der Waals surface area contributed by atoms with Crippen LogP contribution in [0.1, 0.15) is 44.0 Å². The third-order valence-corrected chi connectivity index (χ3v) is 5.67. The fraction of sp³-hybridized carbons (Fsp3) is 0.476. The van der Waals surface area contributed by atoms with E-state index in [1.165, 1.54) is 0 Å². The summed E-state index contributed by atoms with van der Waals surface area (Å²) in [5.41, 5.74) is 3.23. The van der Waals surface area contributed by atoms with Crippen LogP contribution in [0.2, 0.25) is 0 Å². The lowest BCUT2D eigenvalue weighted by molar-refractivity contribution is -0.148. The van der Waals surface area contributed by atoms with Crippen LogP contribution in [0.4, 0.5) is 5.69 Å². The van der Waals surface area contributed by atoms with Crippen molar-refractivity contribution in [3.63, 3.8) is 0 Å². The molecule has 2 bridgehead atoms. The number of carbonyl (C=O) groups excluding carboxylic acids is 2. The van der Waals surface area contributed by atoms with E-state index < -0.39 is 23.8 Å². The predicted molar refractivity (Wildman–Crippen MR) is 100 cm³/mol. The van der Waals surface area contributed by atoms with Crippen LogP contribution < -0.4 is 5.32 Å². The van der Waals surface area contributed by atoms with E-state index >= 15 is 0 Å². The molecule has 1 amide bonds. The maximum atomic E-state index is 12.9. The molecule has 2 saturated carbocycles. The first-order valence-electron chi connectivity index (χ1n) is 9.33. The maximum Gasteiger partial charge on any atom is 0.338 e. The molecule has 1 aromatic carbocycles. The van der Waals surface area contributed by atoms with Gasteiger partial charge in [-0.2, -0.15) is 0 Å². The van der Waals surface area contributed by atoms with E-state index in [9.17, 15) is 19.5 Å². The van der Waals surface area contributed by atoms with E-state index in [0.29, 0.717) is 17.9 Å². The predicted octanol–water partition coefficient (Wildman–Crippen LogP) is 3.50. The molecule has 27 heavy (non-hydrogen) atoms. The third-order valence-electron chi connectivity index (χ3n) is 5.67. The van der Waals surface area contributed by atoms with Crippen molar-refractivity contribution < 1.29 is 24.2 Å². The monoisotopic (exact) mass is 371 g/mol. The molecule has 0 aromatic heterocycles. The summed E-state index contributed by atoms with van der Waals surface area (Å²) < 4.78 is 4.94. The number of carbonyl (C=O) groups is 3. The Morgan fingerprint density at radius 3 is 2.19 bits per heavy atom. The highest BCUT2D eigenvalue weighted by molar-refractivity contribution is 5.97. The zero-order chi connectivity index (χ0) is 19.7. The summed E-state index contributed by atoms with van der Waals surface area (Å²) in [6.07, 6.45) is 1.69. The highest BCUT2D eigenvalue weighted by Crippen LogP contribution is 2.57. The van der Waals surface area contributed by atoms with Gasteiger partial charge in [0.15, 0.2) is 0 Å². The Kier molecular flexibility index (Phi) is 5.35. The van der Waals surface area contributed by atoms with Crippen molar-refractivity contribution >= 4 is 23.5 Å². The summed E-state index contributed by atoms with van der Waals surface area (Å²) >= 11 is 0. The molecule has 0 unspecified atom stereocenters. The molecule has 144 valence electrons. The van der Waals surface area contributed by atoms with Crippen molar-refractivity contribution in [3.8, 4) is 0 Å². The first-order valence-corrected chi connectivity index (χ1v) is 9.33. The molecule has 2 aliphatic rings. The number of allylic oxidation sites excluding steroid dienone is 2. The van der Waals surface area contributed by atoms with Gasteiger partial charge in [-0.05, 0) is 69.7 Å². The van der Waals surface area contributed by atoms with Gasteiger partial charge < -0.3 is 15.2 Å². The number of esters is 1. The second kappa shape index (κ2) is 7.55. The Morgan fingerprint density at radius 1 is 1.07 bits per heavy atom. The number of anilines is 1. The topological polar surface area (TPSA) is 92.7 Å². The van der Waals surface area contributed by atoms with Crippen molar-refractivity contribution in [2.75, 3.05) is 11.9 Å². The zero-order valence-electron chi connectivity index (χ0n) is 15.8. The van der Waals surface area contributed by atoms with Gasteiger partial charge in [0.25, 0.3) is 0 Å². The minimum atomic E-state index is -0.904. The lowest BCUT2D eigenvalue weighted by Crippen LogP contribution is -2.37. The molecular weight excluding hydrogens is 346 g/mol. The van der Waals surface area contributed by atoms with E-state index in [4.69, 9.17) is 4.74 Å². The van der Waals surface area contributed by atoms with Gasteiger partial charge in [-0.15, -0.1) is 0 Å². The van der Waals surface area contributed by atoms with Crippen molar-refractivity contribution in [3.05, 3.63) is 41.0 Å². The van der Waals surface area contributed by atoms with Crippen molar-refractivity contribution in [2.45, 2.75) is 33.6 Å². The van der Waals surface area contributed by atoms with E-state index in [1.807, 2.05) is 13.8 Å². The van der Waals surface area contributed by atoms with Crippen LogP contribution in [-0.2, 0) is 14.3 Å². The Morgan fingerprint density at radius 2 is 1.67 bits per heavy atom. The van der Waals surface area contributed by atoms with Gasteiger partial charge in [-0.1, -0.05) is 11.1 Å². The molecule has 6 heteroatoms. The van der Waals surface area contributed by atoms with Gasteiger partial charge in [0.1, 0.15) is 0 Å². The Bertz CT molecular complexity index is 791. The Balaban J connectivity index is 1.78. The summed E-state index contributed by atoms with van der Waals surface area (Å²) in [5, 5.41) is 12.5. The third kappa shape index (κ3) is 3.48. The average Bonchev–Trinajstić information content (AvgIpc) is 3.18. The summed E-state index contributed by atoms with van der Waals surface area (Å²) in [6.45, 7) is 6.02. The quantitative estimate of drug-likeness (QED) is 0.610. The standard InChI is InChI=1S/C21H25NO5/c1-4-27-21(26)12-5-7-13(8-6-12)22-19(23)17-14-9-10-15(16(14)11(2)3)18(17)20(24)25/h5-8,14-15,17-18H,4,9-10H2,1-3H3,(H,22,23)(H,24,25)/t14-,15+,17-,18+/m1/s1. The highest BCUT2D eigenvalue weighted by atomic mass is 16.5. The number of ether oxygens (including phenoxy) is 1. The number of nitrogens with one attached hydrogen (secondary N) is 1. The number of fused-ring (bicyclic) bond motifs is 2. The SMILES string of the molecule is CCOC(=O)c1ccc(NC(=O)[C@H]2[C@@H](C(=O)O)[C@H]3CC[C@@H]2C3=C(C)C)cc1. The molecule has 3 rings (SSSR count). The van der Waals surface area contributed by atoms with Gasteiger partial charge in [-0.3, -0.25) is 9.59 Å². The number of rotatable bonds is 5. The number of benzene rings is 1. The molecule has 0 aliphatic heterocycles. The average molecular weight is 371 g/mol. The fourth-order valence-electron chi connectivity index (χ4n) is 4.73. The lowest BCUT2D eigenvalue weighted by Gasteiger charge is -2.26. The number of amides is 1. The second-order valence-electron chi connectivity index (χ2n) is 7.42. The molecule has 4 atom stereocenters. The summed E-state index contributed by atoms with van der Waals surface area (Å²) in [7, 11) is 0. The van der Waals surface area contributed by atoms with Crippen LogP contribution in [0.3, 0.4) is 0 Å². The van der Waals surface area contributed by atoms with Crippen LogP contribution >= 0.6 is 0 Å². The number of hydrogen-bond acceptors (Lipinski definition) is 4. The highest BCUT2D eigenvalue weighted by Gasteiger charge is 2.57. The van der Waals surface area contributed by atoms with Crippen molar-refractivity contribution in [1.82, 2.24) is 0 Å². The molecule has 0 heterocycles. The first kappa shape index (κ1) is 19.1. The van der Waals surface area contributed by atoms with Gasteiger partial charge in [0, 0.05) is 5.69 Å². The summed E-state index contributed by atoms with van der Waals surface area (Å²) in [4.78, 5) is 36.5. The van der Waals surface area contributed by atoms with E-state index in [-0.39, 0.29) is 17.7 Å². The number of hydrogen-bond donors (Lipinski definition) is 2. The minimum absolute atomic E-state index is 0.0000878. The molecule has 2 aliphatic carbocycles. The molecule has 0 spiro atoms. The smallest absolute Gasteiger partial charge is 0.338 e. The van der Waals surface area contributed by atoms with Crippen LogP contribution in [0.5, 0.6) is 0 Å². The van der Waals surface area contributed by atoms with E-state index in [2.05, 4.69) is 5.32 Å². The molecule has 0 saturated heterocycles. The van der Waals surface area contributed by atoms with Crippen molar-refractivity contribution in [2.24, 2.45) is 23.7 Å². The van der Waals surface area contributed by atoms with Gasteiger partial charge in [0.05, 0.1) is 24.0 Å². The van der Waals surface area contributed by atoms with Crippen LogP contribution in [0.15, 0.2) is 35.4 Å². The Labute approximate surface area is 158 Å². The van der Waals surface area contributed by atoms with E-state index in [0.717, 1.165) is 24.0 Å². The molecule has 1 aromatic rings.